The smallest absolute Gasteiger partial charge is 0.256 e. The van der Waals surface area contributed by atoms with Crippen molar-refractivity contribution in [2.24, 2.45) is 11.3 Å². The van der Waals surface area contributed by atoms with Gasteiger partial charge in [0, 0.05) is 9.35 Å². The Balaban J connectivity index is 1.64. The van der Waals surface area contributed by atoms with Crippen LogP contribution in [0.1, 0.15) is 66.1 Å². The molecule has 0 fully saturated rings. The number of rotatable bonds is 3. The lowest BCUT2D eigenvalue weighted by Crippen LogP contribution is -2.38. The van der Waals surface area contributed by atoms with Crippen LogP contribution in [-0.2, 0) is 12.8 Å². The van der Waals surface area contributed by atoms with E-state index in [2.05, 4.69) is 53.4 Å². The van der Waals surface area contributed by atoms with Crippen molar-refractivity contribution in [3.63, 3.8) is 0 Å². The fourth-order valence-electron chi connectivity index (χ4n) is 4.11. The standard InChI is InChI=1S/C21H25BrN2OS/c1-4-21(2,3)13-8-9-15-16(11-13)26-20-17(15)19(25)23-18(24-20)12-6-5-7-14(22)10-12/h5-7,10,13,18,24H,4,8-9,11H2,1-3H3,(H,23,25)/t13-,18+/m0/s1. The van der Waals surface area contributed by atoms with E-state index in [4.69, 9.17) is 0 Å². The molecule has 0 radical (unpaired) electrons. The molecule has 0 bridgehead atoms. The number of anilines is 1. The largest absolute Gasteiger partial charge is 0.353 e. The number of amides is 1. The zero-order valence-corrected chi connectivity index (χ0v) is 17.9. The highest BCUT2D eigenvalue weighted by Gasteiger charge is 2.37. The highest BCUT2D eigenvalue weighted by Crippen LogP contribution is 2.47. The number of halogens is 1. The summed E-state index contributed by atoms with van der Waals surface area (Å²) in [6.07, 6.45) is 4.33. The molecule has 4 rings (SSSR count). The molecule has 0 saturated carbocycles. The van der Waals surface area contributed by atoms with Crippen molar-refractivity contribution in [3.8, 4) is 0 Å². The van der Waals surface area contributed by atoms with Gasteiger partial charge in [0.2, 0.25) is 0 Å². The minimum atomic E-state index is -0.171. The van der Waals surface area contributed by atoms with Gasteiger partial charge in [0.1, 0.15) is 11.2 Å². The molecule has 1 aromatic heterocycles. The van der Waals surface area contributed by atoms with E-state index in [1.807, 2.05) is 18.2 Å². The molecule has 26 heavy (non-hydrogen) atoms. The van der Waals surface area contributed by atoms with Gasteiger partial charge in [-0.2, -0.15) is 0 Å². The van der Waals surface area contributed by atoms with Crippen LogP contribution in [0.4, 0.5) is 5.00 Å². The predicted octanol–water partition coefficient (Wildman–Crippen LogP) is 5.91. The molecule has 1 aliphatic carbocycles. The minimum absolute atomic E-state index is 0.0643. The van der Waals surface area contributed by atoms with Crippen LogP contribution in [0.3, 0.4) is 0 Å². The molecular formula is C21H25BrN2OS. The van der Waals surface area contributed by atoms with Crippen LogP contribution in [0.15, 0.2) is 28.7 Å². The van der Waals surface area contributed by atoms with Gasteiger partial charge >= 0.3 is 0 Å². The maximum absolute atomic E-state index is 12.9. The van der Waals surface area contributed by atoms with Crippen LogP contribution < -0.4 is 10.6 Å². The SMILES string of the molecule is CCC(C)(C)[C@H]1CCc2c(sc3c2C(=O)N[C@@H](c2cccc(Br)c2)N3)C1. The van der Waals surface area contributed by atoms with E-state index < -0.39 is 0 Å². The van der Waals surface area contributed by atoms with E-state index in [1.165, 1.54) is 23.3 Å². The van der Waals surface area contributed by atoms with Crippen LogP contribution in [-0.4, -0.2) is 5.91 Å². The molecule has 2 aromatic rings. The summed E-state index contributed by atoms with van der Waals surface area (Å²) in [5, 5.41) is 7.74. The average molecular weight is 433 g/mol. The molecule has 0 spiro atoms. The molecule has 1 aliphatic heterocycles. The second-order valence-corrected chi connectivity index (χ2v) is 10.1. The molecular weight excluding hydrogens is 408 g/mol. The zero-order chi connectivity index (χ0) is 18.5. The summed E-state index contributed by atoms with van der Waals surface area (Å²) in [6, 6.07) is 8.09. The van der Waals surface area contributed by atoms with Gasteiger partial charge in [-0.3, -0.25) is 4.79 Å². The van der Waals surface area contributed by atoms with Gasteiger partial charge in [0.25, 0.3) is 5.91 Å². The number of carbonyl (C=O) groups is 1. The summed E-state index contributed by atoms with van der Waals surface area (Å²) >= 11 is 5.31. The van der Waals surface area contributed by atoms with Crippen molar-refractivity contribution >= 4 is 38.2 Å². The van der Waals surface area contributed by atoms with Crippen molar-refractivity contribution < 1.29 is 4.79 Å². The number of fused-ring (bicyclic) bond motifs is 3. The third-order valence-corrected chi connectivity index (χ3v) is 7.92. The summed E-state index contributed by atoms with van der Waals surface area (Å²) in [5.74, 6) is 0.762. The molecule has 5 heteroatoms. The van der Waals surface area contributed by atoms with Gasteiger partial charge in [-0.05, 0) is 53.9 Å². The highest BCUT2D eigenvalue weighted by atomic mass is 79.9. The second kappa shape index (κ2) is 6.68. The van der Waals surface area contributed by atoms with E-state index in [0.29, 0.717) is 11.3 Å². The summed E-state index contributed by atoms with van der Waals surface area (Å²) in [4.78, 5) is 14.3. The van der Waals surface area contributed by atoms with Crippen LogP contribution >= 0.6 is 27.3 Å². The lowest BCUT2D eigenvalue weighted by molar-refractivity contribution is 0.0934. The normalized spacial score (nSPS) is 22.2. The van der Waals surface area contributed by atoms with Gasteiger partial charge < -0.3 is 10.6 Å². The third kappa shape index (κ3) is 3.09. The molecule has 2 N–H and O–H groups in total. The van der Waals surface area contributed by atoms with Crippen molar-refractivity contribution in [1.82, 2.24) is 5.32 Å². The molecule has 2 aliphatic rings. The number of hydrogen-bond acceptors (Lipinski definition) is 3. The first kappa shape index (κ1) is 18.1. The second-order valence-electron chi connectivity index (χ2n) is 8.10. The van der Waals surface area contributed by atoms with Crippen LogP contribution in [0.2, 0.25) is 0 Å². The Kier molecular flexibility index (Phi) is 4.64. The molecule has 138 valence electrons. The topological polar surface area (TPSA) is 41.1 Å². The zero-order valence-electron chi connectivity index (χ0n) is 15.5. The quantitative estimate of drug-likeness (QED) is 0.632. The van der Waals surface area contributed by atoms with E-state index >= 15 is 0 Å². The molecule has 3 nitrogen and oxygen atoms in total. The Morgan fingerprint density at radius 3 is 2.85 bits per heavy atom. The van der Waals surface area contributed by atoms with Crippen molar-refractivity contribution in [2.75, 3.05) is 5.32 Å². The number of hydrogen-bond donors (Lipinski definition) is 2. The van der Waals surface area contributed by atoms with Crippen molar-refractivity contribution in [1.29, 1.82) is 0 Å². The fourth-order valence-corrected chi connectivity index (χ4v) is 5.88. The molecule has 0 unspecified atom stereocenters. The maximum Gasteiger partial charge on any atom is 0.256 e. The monoisotopic (exact) mass is 432 g/mol. The third-order valence-electron chi connectivity index (χ3n) is 6.24. The van der Waals surface area contributed by atoms with Crippen LogP contribution in [0.5, 0.6) is 0 Å². The Labute approximate surface area is 167 Å². The van der Waals surface area contributed by atoms with Crippen LogP contribution in [0, 0.1) is 11.3 Å². The Morgan fingerprint density at radius 2 is 2.12 bits per heavy atom. The van der Waals surface area contributed by atoms with Gasteiger partial charge in [-0.25, -0.2) is 0 Å². The van der Waals surface area contributed by atoms with Gasteiger partial charge in [0.15, 0.2) is 0 Å². The lowest BCUT2D eigenvalue weighted by atomic mass is 9.69. The molecule has 2 heterocycles. The van der Waals surface area contributed by atoms with Gasteiger partial charge in [-0.15, -0.1) is 11.3 Å². The number of nitrogens with one attached hydrogen (secondary N) is 2. The fraction of sp³-hybridized carbons (Fsp3) is 0.476. The van der Waals surface area contributed by atoms with Crippen LogP contribution in [0.25, 0.3) is 0 Å². The Hall–Kier alpha value is -1.33. The highest BCUT2D eigenvalue weighted by molar-refractivity contribution is 9.10. The summed E-state index contributed by atoms with van der Waals surface area (Å²) < 4.78 is 1.02. The number of carbonyl (C=O) groups excluding carboxylic acids is 1. The molecule has 1 amide bonds. The van der Waals surface area contributed by atoms with E-state index in [9.17, 15) is 4.79 Å². The summed E-state index contributed by atoms with van der Waals surface area (Å²) in [6.45, 7) is 7.04. The number of benzene rings is 1. The molecule has 2 atom stereocenters. The maximum atomic E-state index is 12.9. The van der Waals surface area contributed by atoms with E-state index in [0.717, 1.165) is 33.4 Å². The van der Waals surface area contributed by atoms with Crippen molar-refractivity contribution in [2.45, 2.75) is 52.6 Å². The first-order chi connectivity index (χ1) is 12.4. The molecule has 0 saturated heterocycles. The predicted molar refractivity (Wildman–Crippen MR) is 112 cm³/mol. The van der Waals surface area contributed by atoms with Gasteiger partial charge in [-0.1, -0.05) is 55.3 Å². The minimum Gasteiger partial charge on any atom is -0.353 e. The Bertz CT molecular complexity index is 858. The summed E-state index contributed by atoms with van der Waals surface area (Å²) in [5.41, 5.74) is 3.60. The van der Waals surface area contributed by atoms with E-state index in [1.54, 1.807) is 11.3 Å². The first-order valence-corrected chi connectivity index (χ1v) is 11.0. The first-order valence-electron chi connectivity index (χ1n) is 9.36. The summed E-state index contributed by atoms with van der Waals surface area (Å²) in [7, 11) is 0. The van der Waals surface area contributed by atoms with Gasteiger partial charge in [0.05, 0.1) is 5.56 Å². The lowest BCUT2D eigenvalue weighted by Gasteiger charge is -2.36. The van der Waals surface area contributed by atoms with E-state index in [-0.39, 0.29) is 12.1 Å². The molecule has 1 aromatic carbocycles. The van der Waals surface area contributed by atoms with Crippen molar-refractivity contribution in [3.05, 3.63) is 50.3 Å². The average Bonchev–Trinajstić information content (AvgIpc) is 2.99. The number of thiophene rings is 1. The Morgan fingerprint density at radius 1 is 1.31 bits per heavy atom.